The predicted octanol–water partition coefficient (Wildman–Crippen LogP) is 0.957. The van der Waals surface area contributed by atoms with Crippen molar-refractivity contribution in [2.45, 2.75) is 41.5 Å². The molecule has 1 aliphatic carbocycles. The van der Waals surface area contributed by atoms with Crippen molar-refractivity contribution in [3.05, 3.63) is 42.7 Å². The molecule has 1 saturated carbocycles. The average molecular weight is 466 g/mol. The van der Waals surface area contributed by atoms with Crippen molar-refractivity contribution >= 4 is 31.9 Å². The molecular weight excluding hydrogens is 442 g/mol. The second-order valence-electron chi connectivity index (χ2n) is 7.61. The molecule has 4 rings (SSSR count). The van der Waals surface area contributed by atoms with Crippen molar-refractivity contribution in [1.29, 1.82) is 0 Å². The molecule has 2 N–H and O–H groups in total. The van der Waals surface area contributed by atoms with Gasteiger partial charge in [0.05, 0.1) is 9.79 Å². The van der Waals surface area contributed by atoms with Crippen LogP contribution in [0.25, 0.3) is 0 Å². The second-order valence-corrected chi connectivity index (χ2v) is 11.3. The molecule has 10 nitrogen and oxygen atoms in total. The van der Waals surface area contributed by atoms with Gasteiger partial charge in [0.1, 0.15) is 0 Å². The van der Waals surface area contributed by atoms with E-state index in [4.69, 9.17) is 0 Å². The quantitative estimate of drug-likeness (QED) is 0.621. The molecule has 0 unspecified atom stereocenters. The number of amides is 1. The molecule has 12 heteroatoms. The SMILES string of the molecule is O=C(Nc1ncccn1)C1CCN(S(=O)(=O)c2ccc(S(=O)(=O)NC3CC3)cc2)CC1. The number of carbonyl (C=O) groups is 1. The van der Waals surface area contributed by atoms with E-state index in [1.165, 1.54) is 41.0 Å². The topological polar surface area (TPSA) is 138 Å². The molecule has 2 heterocycles. The van der Waals surface area contributed by atoms with Crippen LogP contribution in [0.3, 0.4) is 0 Å². The largest absolute Gasteiger partial charge is 0.294 e. The van der Waals surface area contributed by atoms with Gasteiger partial charge in [-0.2, -0.15) is 4.31 Å². The van der Waals surface area contributed by atoms with E-state index in [9.17, 15) is 21.6 Å². The lowest BCUT2D eigenvalue weighted by Gasteiger charge is -2.30. The number of hydrogen-bond acceptors (Lipinski definition) is 7. The van der Waals surface area contributed by atoms with Crippen molar-refractivity contribution < 1.29 is 21.6 Å². The number of benzene rings is 1. The standard InChI is InChI=1S/C19H23N5O5S2/c25-18(22-19-20-10-1-11-21-19)14-8-12-24(13-9-14)31(28,29)17-6-4-16(5-7-17)30(26,27)23-15-2-3-15/h1,4-7,10-11,14-15,23H,2-3,8-9,12-13H2,(H,20,21,22,25). The number of carbonyl (C=O) groups excluding carboxylic acids is 1. The molecule has 2 aliphatic rings. The zero-order valence-corrected chi connectivity index (χ0v) is 18.3. The maximum absolute atomic E-state index is 12.9. The van der Waals surface area contributed by atoms with Crippen LogP contribution in [0, 0.1) is 5.92 Å². The van der Waals surface area contributed by atoms with Gasteiger partial charge < -0.3 is 0 Å². The number of hydrogen-bond donors (Lipinski definition) is 2. The number of nitrogens with one attached hydrogen (secondary N) is 2. The Morgan fingerprint density at radius 3 is 2.06 bits per heavy atom. The molecule has 1 saturated heterocycles. The third-order valence-corrected chi connectivity index (χ3v) is 8.75. The summed E-state index contributed by atoms with van der Waals surface area (Å²) in [6.45, 7) is 0.388. The molecule has 1 aliphatic heterocycles. The summed E-state index contributed by atoms with van der Waals surface area (Å²) in [6, 6.07) is 6.84. The Labute approximate surface area is 181 Å². The van der Waals surface area contributed by atoms with Crippen LogP contribution in [-0.2, 0) is 24.8 Å². The molecule has 1 aromatic carbocycles. The van der Waals surface area contributed by atoms with Gasteiger partial charge in [-0.1, -0.05) is 0 Å². The molecule has 1 amide bonds. The Morgan fingerprint density at radius 2 is 1.48 bits per heavy atom. The van der Waals surface area contributed by atoms with Gasteiger partial charge in [-0.3, -0.25) is 10.1 Å². The summed E-state index contributed by atoms with van der Waals surface area (Å²) in [5, 5.41) is 2.64. The van der Waals surface area contributed by atoms with Gasteiger partial charge in [0.2, 0.25) is 31.9 Å². The molecule has 0 atom stereocenters. The first kappa shape index (κ1) is 21.8. The van der Waals surface area contributed by atoms with Crippen LogP contribution in [0.2, 0.25) is 0 Å². The van der Waals surface area contributed by atoms with E-state index in [-0.39, 0.29) is 46.7 Å². The van der Waals surface area contributed by atoms with Crippen molar-refractivity contribution in [2.75, 3.05) is 18.4 Å². The average Bonchev–Trinajstić information content (AvgIpc) is 3.58. The molecule has 2 fully saturated rings. The van der Waals surface area contributed by atoms with Gasteiger partial charge in [-0.25, -0.2) is 31.5 Å². The van der Waals surface area contributed by atoms with Crippen LogP contribution in [0.15, 0.2) is 52.5 Å². The van der Waals surface area contributed by atoms with Crippen LogP contribution in [0.4, 0.5) is 5.95 Å². The zero-order valence-electron chi connectivity index (χ0n) is 16.6. The van der Waals surface area contributed by atoms with Crippen LogP contribution in [0.5, 0.6) is 0 Å². The summed E-state index contributed by atoms with van der Waals surface area (Å²) >= 11 is 0. The number of sulfonamides is 2. The Kier molecular flexibility index (Phi) is 6.06. The van der Waals surface area contributed by atoms with Crippen molar-refractivity contribution in [3.63, 3.8) is 0 Å². The predicted molar refractivity (Wildman–Crippen MR) is 112 cm³/mol. The van der Waals surface area contributed by atoms with Gasteiger partial charge in [0.25, 0.3) is 0 Å². The molecule has 0 radical (unpaired) electrons. The van der Waals surface area contributed by atoms with E-state index in [2.05, 4.69) is 20.0 Å². The first-order valence-corrected chi connectivity index (χ1v) is 12.9. The Hall–Kier alpha value is -2.41. The molecule has 166 valence electrons. The molecule has 1 aromatic heterocycles. The maximum Gasteiger partial charge on any atom is 0.243 e. The molecule has 0 spiro atoms. The molecule has 0 bridgehead atoms. The smallest absolute Gasteiger partial charge is 0.243 e. The van der Waals surface area contributed by atoms with Gasteiger partial charge in [0, 0.05) is 37.4 Å². The van der Waals surface area contributed by atoms with Gasteiger partial charge in [-0.15, -0.1) is 0 Å². The normalized spacial score (nSPS) is 18.6. The summed E-state index contributed by atoms with van der Waals surface area (Å²) in [6.07, 6.45) is 5.42. The third-order valence-electron chi connectivity index (χ3n) is 5.30. The highest BCUT2D eigenvalue weighted by Gasteiger charge is 2.33. The van der Waals surface area contributed by atoms with E-state index < -0.39 is 20.0 Å². The number of nitrogens with zero attached hydrogens (tertiary/aromatic N) is 3. The summed E-state index contributed by atoms with van der Waals surface area (Å²) in [5.74, 6) is -0.356. The van der Waals surface area contributed by atoms with E-state index in [0.29, 0.717) is 12.8 Å². The summed E-state index contributed by atoms with van der Waals surface area (Å²) in [5.41, 5.74) is 0. The van der Waals surface area contributed by atoms with Gasteiger partial charge in [0.15, 0.2) is 0 Å². The number of rotatable bonds is 7. The zero-order chi connectivity index (χ0) is 22.1. The Bertz CT molecular complexity index is 1140. The minimum absolute atomic E-state index is 0.0264. The van der Waals surface area contributed by atoms with Crippen molar-refractivity contribution in [2.24, 2.45) is 5.92 Å². The Balaban J connectivity index is 1.38. The summed E-state index contributed by atoms with van der Waals surface area (Å²) in [7, 11) is -7.42. The lowest BCUT2D eigenvalue weighted by atomic mass is 9.97. The first-order chi connectivity index (χ1) is 14.8. The lowest BCUT2D eigenvalue weighted by Crippen LogP contribution is -2.41. The minimum Gasteiger partial charge on any atom is -0.294 e. The van der Waals surface area contributed by atoms with Crippen LogP contribution in [0.1, 0.15) is 25.7 Å². The summed E-state index contributed by atoms with van der Waals surface area (Å²) in [4.78, 5) is 20.4. The van der Waals surface area contributed by atoms with Crippen molar-refractivity contribution in [3.8, 4) is 0 Å². The van der Waals surface area contributed by atoms with Crippen LogP contribution >= 0.6 is 0 Å². The molecular formula is C19H23N5O5S2. The van der Waals surface area contributed by atoms with E-state index in [0.717, 1.165) is 12.8 Å². The Morgan fingerprint density at radius 1 is 0.903 bits per heavy atom. The summed E-state index contributed by atoms with van der Waals surface area (Å²) < 4.78 is 54.3. The van der Waals surface area contributed by atoms with E-state index >= 15 is 0 Å². The van der Waals surface area contributed by atoms with E-state index in [1.807, 2.05) is 0 Å². The maximum atomic E-state index is 12.9. The highest BCUT2D eigenvalue weighted by atomic mass is 32.2. The fourth-order valence-electron chi connectivity index (χ4n) is 3.36. The number of piperidine rings is 1. The molecule has 2 aromatic rings. The van der Waals surface area contributed by atoms with Crippen molar-refractivity contribution in [1.82, 2.24) is 19.0 Å². The highest BCUT2D eigenvalue weighted by molar-refractivity contribution is 7.89. The number of anilines is 1. The lowest BCUT2D eigenvalue weighted by molar-refractivity contribution is -0.121. The number of aromatic nitrogens is 2. The second kappa shape index (κ2) is 8.61. The third kappa shape index (κ3) is 5.09. The minimum atomic E-state index is -3.78. The fraction of sp³-hybridized carbons (Fsp3) is 0.421. The van der Waals surface area contributed by atoms with Crippen LogP contribution in [-0.4, -0.2) is 56.1 Å². The van der Waals surface area contributed by atoms with Gasteiger partial charge in [-0.05, 0) is 56.0 Å². The first-order valence-electron chi connectivity index (χ1n) is 9.96. The van der Waals surface area contributed by atoms with E-state index in [1.54, 1.807) is 6.07 Å². The molecule has 31 heavy (non-hydrogen) atoms. The highest BCUT2D eigenvalue weighted by Crippen LogP contribution is 2.26. The van der Waals surface area contributed by atoms with Crippen LogP contribution < -0.4 is 10.0 Å². The van der Waals surface area contributed by atoms with Gasteiger partial charge >= 0.3 is 0 Å². The monoisotopic (exact) mass is 465 g/mol. The fourth-order valence-corrected chi connectivity index (χ4v) is 6.14.